The number of ether oxygens (including phenoxy) is 1. The topological polar surface area (TPSA) is 63.7 Å². The van der Waals surface area contributed by atoms with E-state index in [0.29, 0.717) is 16.3 Å². The highest BCUT2D eigenvalue weighted by Gasteiger charge is 2.38. The first-order valence-electron chi connectivity index (χ1n) is 8.42. The summed E-state index contributed by atoms with van der Waals surface area (Å²) in [5.74, 6) is -1.79. The molecule has 0 N–H and O–H groups in total. The molecule has 0 spiro atoms. The van der Waals surface area contributed by atoms with Crippen molar-refractivity contribution in [2.75, 3.05) is 11.4 Å². The largest absolute Gasteiger partial charge is 0.454 e. The number of halogens is 2. The smallest absolute Gasteiger partial charge is 0.312 e. The van der Waals surface area contributed by atoms with Crippen molar-refractivity contribution >= 4 is 46.5 Å². The zero-order chi connectivity index (χ0) is 19.6. The number of Topliss-reactive ketones (excluding diaryl/α,β-unsaturated/α-hetero) is 1. The van der Waals surface area contributed by atoms with E-state index in [0.717, 1.165) is 0 Å². The van der Waals surface area contributed by atoms with Gasteiger partial charge in [0, 0.05) is 18.5 Å². The van der Waals surface area contributed by atoms with Gasteiger partial charge >= 0.3 is 5.97 Å². The Labute approximate surface area is 166 Å². The van der Waals surface area contributed by atoms with E-state index in [4.69, 9.17) is 27.9 Å². The average Bonchev–Trinajstić information content (AvgIpc) is 3.05. The highest BCUT2D eigenvalue weighted by molar-refractivity contribution is 6.44. The minimum atomic E-state index is -0.932. The first-order chi connectivity index (χ1) is 12.9. The molecule has 0 unspecified atom stereocenters. The summed E-state index contributed by atoms with van der Waals surface area (Å²) in [5.41, 5.74) is 0.922. The molecule has 7 heteroatoms. The quantitative estimate of drug-likeness (QED) is 0.553. The van der Waals surface area contributed by atoms with Gasteiger partial charge < -0.3 is 9.64 Å². The Bertz CT molecular complexity index is 885. The number of carbonyl (C=O) groups excluding carboxylic acids is 3. The van der Waals surface area contributed by atoms with Crippen LogP contribution in [0.5, 0.6) is 0 Å². The number of amides is 1. The number of esters is 1. The van der Waals surface area contributed by atoms with Crippen molar-refractivity contribution in [1.29, 1.82) is 0 Å². The fraction of sp³-hybridized carbons (Fsp3) is 0.250. The summed E-state index contributed by atoms with van der Waals surface area (Å²) in [7, 11) is 0. The second-order valence-corrected chi connectivity index (χ2v) is 7.07. The van der Waals surface area contributed by atoms with Crippen LogP contribution in [0.4, 0.5) is 5.69 Å². The number of benzene rings is 2. The predicted molar refractivity (Wildman–Crippen MR) is 103 cm³/mol. The molecule has 5 nitrogen and oxygen atoms in total. The molecule has 0 aromatic heterocycles. The number of nitrogens with zero attached hydrogens (tertiary/aromatic N) is 1. The number of hydrogen-bond donors (Lipinski definition) is 0. The van der Waals surface area contributed by atoms with Gasteiger partial charge in [-0.15, -0.1) is 0 Å². The summed E-state index contributed by atoms with van der Waals surface area (Å²) in [6, 6.07) is 13.6. The minimum Gasteiger partial charge on any atom is -0.454 e. The molecule has 140 valence electrons. The third-order valence-electron chi connectivity index (χ3n) is 4.40. The van der Waals surface area contributed by atoms with Gasteiger partial charge in [-0.05, 0) is 19.1 Å². The van der Waals surface area contributed by atoms with Crippen LogP contribution in [0.3, 0.4) is 0 Å². The van der Waals surface area contributed by atoms with Crippen LogP contribution in [0.2, 0.25) is 10.0 Å². The summed E-state index contributed by atoms with van der Waals surface area (Å²) in [6.07, 6.45) is -0.938. The molecule has 0 radical (unpaired) electrons. The van der Waals surface area contributed by atoms with E-state index in [1.165, 1.54) is 11.8 Å². The first kappa shape index (κ1) is 19.4. The molecule has 27 heavy (non-hydrogen) atoms. The predicted octanol–water partition coefficient (Wildman–Crippen LogP) is 4.16. The number of anilines is 1. The Kier molecular flexibility index (Phi) is 5.82. The van der Waals surface area contributed by atoms with Crippen LogP contribution in [0, 0.1) is 5.92 Å². The van der Waals surface area contributed by atoms with E-state index in [1.807, 2.05) is 0 Å². The van der Waals surface area contributed by atoms with E-state index in [1.54, 1.807) is 48.5 Å². The summed E-state index contributed by atoms with van der Waals surface area (Å²) in [5, 5.41) is 0.587. The number of rotatable bonds is 5. The second-order valence-electron chi connectivity index (χ2n) is 6.29. The Hall–Kier alpha value is -2.37. The summed E-state index contributed by atoms with van der Waals surface area (Å²) in [4.78, 5) is 38.6. The monoisotopic (exact) mass is 405 g/mol. The molecular weight excluding hydrogens is 389 g/mol. The molecule has 1 heterocycles. The normalized spacial score (nSPS) is 17.7. The van der Waals surface area contributed by atoms with Gasteiger partial charge in [-0.1, -0.05) is 59.6 Å². The van der Waals surface area contributed by atoms with Crippen molar-refractivity contribution in [2.24, 2.45) is 5.92 Å². The van der Waals surface area contributed by atoms with Crippen molar-refractivity contribution in [3.05, 3.63) is 64.1 Å². The number of hydrogen-bond acceptors (Lipinski definition) is 4. The molecule has 0 bridgehead atoms. The van der Waals surface area contributed by atoms with E-state index in [9.17, 15) is 14.4 Å². The molecule has 0 saturated carbocycles. The fourth-order valence-corrected chi connectivity index (χ4v) is 3.36. The summed E-state index contributed by atoms with van der Waals surface area (Å²) in [6.45, 7) is 1.65. The van der Waals surface area contributed by atoms with Crippen LogP contribution < -0.4 is 4.90 Å². The maximum atomic E-state index is 12.5. The van der Waals surface area contributed by atoms with Gasteiger partial charge in [0.05, 0.1) is 21.7 Å². The van der Waals surface area contributed by atoms with E-state index < -0.39 is 18.0 Å². The highest BCUT2D eigenvalue weighted by atomic mass is 35.5. The molecular formula is C20H17Cl2NO4. The van der Waals surface area contributed by atoms with Crippen LogP contribution in [-0.4, -0.2) is 30.3 Å². The average molecular weight is 406 g/mol. The van der Waals surface area contributed by atoms with Crippen LogP contribution in [0.25, 0.3) is 0 Å². The van der Waals surface area contributed by atoms with Crippen LogP contribution in [0.1, 0.15) is 23.7 Å². The molecule has 2 aromatic carbocycles. The van der Waals surface area contributed by atoms with Crippen LogP contribution in [-0.2, 0) is 14.3 Å². The van der Waals surface area contributed by atoms with Gasteiger partial charge in [-0.3, -0.25) is 14.4 Å². The Balaban J connectivity index is 1.67. The van der Waals surface area contributed by atoms with Gasteiger partial charge in [0.15, 0.2) is 6.10 Å². The van der Waals surface area contributed by atoms with Crippen molar-refractivity contribution in [3.63, 3.8) is 0 Å². The lowest BCUT2D eigenvalue weighted by atomic mass is 10.1. The molecule has 3 rings (SSSR count). The third kappa shape index (κ3) is 4.15. The molecule has 1 saturated heterocycles. The molecule has 0 aliphatic carbocycles. The molecule has 1 amide bonds. The van der Waals surface area contributed by atoms with Crippen molar-refractivity contribution in [1.82, 2.24) is 0 Å². The van der Waals surface area contributed by atoms with Gasteiger partial charge in [0.1, 0.15) is 0 Å². The lowest BCUT2D eigenvalue weighted by Crippen LogP contribution is -2.30. The first-order valence-corrected chi connectivity index (χ1v) is 9.18. The number of carbonyl (C=O) groups is 3. The summed E-state index contributed by atoms with van der Waals surface area (Å²) < 4.78 is 5.31. The van der Waals surface area contributed by atoms with E-state index in [2.05, 4.69) is 0 Å². The zero-order valence-corrected chi connectivity index (χ0v) is 16.0. The van der Waals surface area contributed by atoms with Gasteiger partial charge in [-0.2, -0.15) is 0 Å². The molecule has 1 aliphatic heterocycles. The highest BCUT2D eigenvalue weighted by Crippen LogP contribution is 2.36. The Morgan fingerprint density at radius 2 is 1.81 bits per heavy atom. The Morgan fingerprint density at radius 3 is 2.52 bits per heavy atom. The maximum Gasteiger partial charge on any atom is 0.312 e. The van der Waals surface area contributed by atoms with Crippen molar-refractivity contribution in [2.45, 2.75) is 19.4 Å². The van der Waals surface area contributed by atoms with Gasteiger partial charge in [-0.25, -0.2) is 0 Å². The SMILES string of the molecule is C[C@@H](OC(=O)[C@@H]1CC(=O)N(c2cccc(Cl)c2Cl)C1)C(=O)c1ccccc1. The molecule has 2 atom stereocenters. The van der Waals surface area contributed by atoms with Crippen LogP contribution in [0.15, 0.2) is 48.5 Å². The Morgan fingerprint density at radius 1 is 1.11 bits per heavy atom. The fourth-order valence-electron chi connectivity index (χ4n) is 2.96. The second kappa shape index (κ2) is 8.11. The van der Waals surface area contributed by atoms with Gasteiger partial charge in [0.25, 0.3) is 0 Å². The standard InChI is InChI=1S/C20H17Cl2NO4/c1-12(19(25)13-6-3-2-4-7-13)27-20(26)14-10-17(24)23(11-14)16-9-5-8-15(21)18(16)22/h2-9,12,14H,10-11H2,1H3/t12-,14-/m1/s1. The lowest BCUT2D eigenvalue weighted by molar-refractivity contribution is -0.151. The molecule has 2 aromatic rings. The summed E-state index contributed by atoms with van der Waals surface area (Å²) >= 11 is 12.2. The minimum absolute atomic E-state index is 0.00603. The molecule has 1 fully saturated rings. The van der Waals surface area contributed by atoms with E-state index in [-0.39, 0.29) is 29.7 Å². The van der Waals surface area contributed by atoms with Crippen molar-refractivity contribution < 1.29 is 19.1 Å². The van der Waals surface area contributed by atoms with Crippen LogP contribution >= 0.6 is 23.2 Å². The van der Waals surface area contributed by atoms with E-state index >= 15 is 0 Å². The maximum absolute atomic E-state index is 12.5. The van der Waals surface area contributed by atoms with Gasteiger partial charge in [0.2, 0.25) is 11.7 Å². The van der Waals surface area contributed by atoms with Crippen molar-refractivity contribution in [3.8, 4) is 0 Å². The molecule has 1 aliphatic rings. The number of ketones is 1. The third-order valence-corrected chi connectivity index (χ3v) is 5.21. The zero-order valence-electron chi connectivity index (χ0n) is 14.5. The lowest BCUT2D eigenvalue weighted by Gasteiger charge is -2.19.